The molecule has 2 aliphatic rings. The molecule has 2 amide bonds. The third-order valence-electron chi connectivity index (χ3n) is 4.11. The van der Waals surface area contributed by atoms with Crippen LogP contribution in [0.15, 0.2) is 24.3 Å². The molecular formula is C16H21N3O2. The van der Waals surface area contributed by atoms with E-state index in [1.807, 2.05) is 11.8 Å². The van der Waals surface area contributed by atoms with Crippen LogP contribution in [-0.2, 0) is 4.79 Å². The average molecular weight is 287 g/mol. The first-order valence-corrected chi connectivity index (χ1v) is 7.58. The molecule has 5 heteroatoms. The predicted octanol–water partition coefficient (Wildman–Crippen LogP) is 1.47. The Hall–Kier alpha value is -1.88. The number of rotatable bonds is 3. The molecule has 1 saturated heterocycles. The van der Waals surface area contributed by atoms with E-state index in [0.29, 0.717) is 5.56 Å². The van der Waals surface area contributed by atoms with Crippen molar-refractivity contribution in [2.24, 2.45) is 5.92 Å². The van der Waals surface area contributed by atoms with Crippen molar-refractivity contribution >= 4 is 17.5 Å². The molecule has 1 aliphatic carbocycles. The fraction of sp³-hybridized carbons (Fsp3) is 0.500. The van der Waals surface area contributed by atoms with Gasteiger partial charge in [0.15, 0.2) is 0 Å². The van der Waals surface area contributed by atoms with Crippen molar-refractivity contribution in [3.63, 3.8) is 0 Å². The number of hydrogen-bond acceptors (Lipinski definition) is 3. The summed E-state index contributed by atoms with van der Waals surface area (Å²) >= 11 is 0. The van der Waals surface area contributed by atoms with E-state index in [0.717, 1.165) is 38.2 Å². The molecule has 112 valence electrons. The number of benzene rings is 1. The summed E-state index contributed by atoms with van der Waals surface area (Å²) in [5.41, 5.74) is 1.44. The molecule has 0 spiro atoms. The van der Waals surface area contributed by atoms with Crippen LogP contribution in [0.1, 0.15) is 30.1 Å². The van der Waals surface area contributed by atoms with Crippen LogP contribution < -0.4 is 10.6 Å². The van der Waals surface area contributed by atoms with Gasteiger partial charge in [0.1, 0.15) is 0 Å². The minimum atomic E-state index is 0.0593. The lowest BCUT2D eigenvalue weighted by atomic mass is 10.1. The van der Waals surface area contributed by atoms with E-state index in [1.165, 1.54) is 0 Å². The Bertz CT molecular complexity index is 537. The summed E-state index contributed by atoms with van der Waals surface area (Å²) in [7, 11) is 0. The maximum atomic E-state index is 12.5. The zero-order chi connectivity index (χ0) is 14.8. The molecule has 2 N–H and O–H groups in total. The van der Waals surface area contributed by atoms with Gasteiger partial charge in [-0.15, -0.1) is 0 Å². The lowest BCUT2D eigenvalue weighted by Gasteiger charge is -2.34. The summed E-state index contributed by atoms with van der Waals surface area (Å²) in [5.74, 6) is 0.335. The lowest BCUT2D eigenvalue weighted by Crippen LogP contribution is -2.52. The molecule has 1 aromatic rings. The van der Waals surface area contributed by atoms with Gasteiger partial charge in [0.05, 0.1) is 0 Å². The van der Waals surface area contributed by atoms with Crippen molar-refractivity contribution in [1.29, 1.82) is 0 Å². The molecule has 1 atom stereocenters. The number of amides is 2. The minimum absolute atomic E-state index is 0.0593. The minimum Gasteiger partial charge on any atom is -0.333 e. The summed E-state index contributed by atoms with van der Waals surface area (Å²) in [6, 6.07) is 7.40. The number of nitrogens with one attached hydrogen (secondary N) is 2. The van der Waals surface area contributed by atoms with Gasteiger partial charge in [0.2, 0.25) is 5.91 Å². The first kappa shape index (κ1) is 14.1. The van der Waals surface area contributed by atoms with E-state index < -0.39 is 0 Å². The summed E-state index contributed by atoms with van der Waals surface area (Å²) in [6.07, 6.45) is 1.98. The second kappa shape index (κ2) is 5.85. The van der Waals surface area contributed by atoms with Crippen LogP contribution in [0.25, 0.3) is 0 Å². The van der Waals surface area contributed by atoms with Gasteiger partial charge >= 0.3 is 0 Å². The van der Waals surface area contributed by atoms with Gasteiger partial charge in [-0.2, -0.15) is 0 Å². The normalized spacial score (nSPS) is 22.0. The summed E-state index contributed by atoms with van der Waals surface area (Å²) in [4.78, 5) is 26.1. The van der Waals surface area contributed by atoms with E-state index in [4.69, 9.17) is 0 Å². The number of hydrogen-bond donors (Lipinski definition) is 2. The summed E-state index contributed by atoms with van der Waals surface area (Å²) in [5, 5.41) is 6.16. The second-order valence-corrected chi connectivity index (χ2v) is 5.89. The molecule has 3 rings (SSSR count). The number of anilines is 1. The molecule has 1 aromatic carbocycles. The topological polar surface area (TPSA) is 61.4 Å². The average Bonchev–Trinajstić information content (AvgIpc) is 3.32. The zero-order valence-corrected chi connectivity index (χ0v) is 12.3. The van der Waals surface area contributed by atoms with Gasteiger partial charge in [-0.1, -0.05) is 0 Å². The highest BCUT2D eigenvalue weighted by Gasteiger charge is 2.29. The van der Waals surface area contributed by atoms with E-state index in [1.54, 1.807) is 24.3 Å². The molecule has 5 nitrogen and oxygen atoms in total. The summed E-state index contributed by atoms with van der Waals surface area (Å²) < 4.78 is 0. The molecule has 21 heavy (non-hydrogen) atoms. The van der Waals surface area contributed by atoms with Crippen molar-refractivity contribution in [2.75, 3.05) is 25.0 Å². The van der Waals surface area contributed by atoms with Crippen molar-refractivity contribution in [1.82, 2.24) is 10.2 Å². The monoisotopic (exact) mass is 287 g/mol. The van der Waals surface area contributed by atoms with Gasteiger partial charge in [0.25, 0.3) is 5.91 Å². The Morgan fingerprint density at radius 3 is 2.57 bits per heavy atom. The van der Waals surface area contributed by atoms with Crippen molar-refractivity contribution < 1.29 is 9.59 Å². The van der Waals surface area contributed by atoms with Crippen LogP contribution in [0.4, 0.5) is 5.69 Å². The van der Waals surface area contributed by atoms with Crippen molar-refractivity contribution in [2.45, 2.75) is 25.8 Å². The number of nitrogens with zero attached hydrogens (tertiary/aromatic N) is 1. The highest BCUT2D eigenvalue weighted by atomic mass is 16.2. The number of piperazine rings is 1. The maximum Gasteiger partial charge on any atom is 0.254 e. The maximum absolute atomic E-state index is 12.5. The van der Waals surface area contributed by atoms with Gasteiger partial charge in [-0.25, -0.2) is 0 Å². The molecule has 1 unspecified atom stereocenters. The Balaban J connectivity index is 1.65. The van der Waals surface area contributed by atoms with E-state index in [2.05, 4.69) is 10.6 Å². The molecule has 0 radical (unpaired) electrons. The van der Waals surface area contributed by atoms with Gasteiger partial charge < -0.3 is 15.5 Å². The number of carbonyl (C=O) groups is 2. The standard InChI is InChI=1S/C16H21N3O2/c1-11-10-17-8-9-19(11)16(21)13-4-6-14(7-5-13)18-15(20)12-2-3-12/h4-7,11-12,17H,2-3,8-10H2,1H3,(H,18,20). The Kier molecular flexibility index (Phi) is 3.92. The van der Waals surface area contributed by atoms with E-state index in [-0.39, 0.29) is 23.8 Å². The Morgan fingerprint density at radius 1 is 1.24 bits per heavy atom. The van der Waals surface area contributed by atoms with E-state index in [9.17, 15) is 9.59 Å². The third-order valence-corrected chi connectivity index (χ3v) is 4.11. The van der Waals surface area contributed by atoms with Crippen LogP contribution in [-0.4, -0.2) is 42.4 Å². The van der Waals surface area contributed by atoms with Crippen LogP contribution >= 0.6 is 0 Å². The summed E-state index contributed by atoms with van der Waals surface area (Å²) in [6.45, 7) is 4.46. The van der Waals surface area contributed by atoms with Gasteiger partial charge in [-0.3, -0.25) is 9.59 Å². The Morgan fingerprint density at radius 2 is 1.95 bits per heavy atom. The molecule has 1 aliphatic heterocycles. The fourth-order valence-corrected chi connectivity index (χ4v) is 2.59. The fourth-order valence-electron chi connectivity index (χ4n) is 2.59. The molecule has 1 saturated carbocycles. The van der Waals surface area contributed by atoms with Crippen LogP contribution in [0.3, 0.4) is 0 Å². The quantitative estimate of drug-likeness (QED) is 0.885. The van der Waals surface area contributed by atoms with Crippen molar-refractivity contribution in [3.05, 3.63) is 29.8 Å². The highest BCUT2D eigenvalue weighted by Crippen LogP contribution is 2.30. The van der Waals surface area contributed by atoms with Crippen molar-refractivity contribution in [3.8, 4) is 0 Å². The number of carbonyl (C=O) groups excluding carboxylic acids is 2. The van der Waals surface area contributed by atoms with Crippen LogP contribution in [0.5, 0.6) is 0 Å². The smallest absolute Gasteiger partial charge is 0.254 e. The van der Waals surface area contributed by atoms with Gasteiger partial charge in [0, 0.05) is 42.8 Å². The van der Waals surface area contributed by atoms with E-state index >= 15 is 0 Å². The van der Waals surface area contributed by atoms with Crippen LogP contribution in [0.2, 0.25) is 0 Å². The Labute approximate surface area is 124 Å². The first-order valence-electron chi connectivity index (χ1n) is 7.58. The first-order chi connectivity index (χ1) is 10.1. The molecule has 1 heterocycles. The third kappa shape index (κ3) is 3.24. The second-order valence-electron chi connectivity index (χ2n) is 5.89. The van der Waals surface area contributed by atoms with Gasteiger partial charge in [-0.05, 0) is 44.0 Å². The highest BCUT2D eigenvalue weighted by molar-refractivity contribution is 5.97. The molecular weight excluding hydrogens is 266 g/mol. The zero-order valence-electron chi connectivity index (χ0n) is 12.3. The molecule has 2 fully saturated rings. The molecule has 0 aromatic heterocycles. The predicted molar refractivity (Wildman–Crippen MR) is 81.2 cm³/mol. The SMILES string of the molecule is CC1CNCCN1C(=O)c1ccc(NC(=O)C2CC2)cc1. The largest absolute Gasteiger partial charge is 0.333 e. The van der Waals surface area contributed by atoms with Crippen LogP contribution in [0, 0.1) is 5.92 Å². The molecule has 0 bridgehead atoms. The lowest BCUT2D eigenvalue weighted by molar-refractivity contribution is -0.117.